The molecule has 0 aromatic carbocycles. The lowest BCUT2D eigenvalue weighted by atomic mass is 10.7. The standard InChI is InChI=1S/C6H11NO4/c1-5(7-10-3)11-4-6(8)9-2/h4H2,1-3H3/b7-5-. The molecule has 0 aromatic rings. The zero-order valence-electron chi connectivity index (χ0n) is 6.79. The fraction of sp³-hybridized carbons (Fsp3) is 0.667. The Morgan fingerprint density at radius 1 is 1.45 bits per heavy atom. The summed E-state index contributed by atoms with van der Waals surface area (Å²) in [6.07, 6.45) is 0. The number of esters is 1. The highest BCUT2D eigenvalue weighted by Crippen LogP contribution is 1.83. The van der Waals surface area contributed by atoms with Crippen LogP contribution in [0.15, 0.2) is 5.16 Å². The van der Waals surface area contributed by atoms with Gasteiger partial charge in [-0.3, -0.25) is 0 Å². The first-order valence-electron chi connectivity index (χ1n) is 2.98. The van der Waals surface area contributed by atoms with Crippen molar-refractivity contribution in [1.82, 2.24) is 0 Å². The third kappa shape index (κ3) is 5.20. The van der Waals surface area contributed by atoms with Gasteiger partial charge in [0.05, 0.1) is 7.11 Å². The van der Waals surface area contributed by atoms with E-state index in [0.717, 1.165) is 0 Å². The van der Waals surface area contributed by atoms with Crippen LogP contribution in [0.25, 0.3) is 0 Å². The van der Waals surface area contributed by atoms with E-state index in [0.29, 0.717) is 0 Å². The predicted octanol–water partition coefficient (Wildman–Crippen LogP) is 0.156. The number of hydrogen-bond donors (Lipinski definition) is 0. The molecule has 0 atom stereocenters. The van der Waals surface area contributed by atoms with E-state index in [4.69, 9.17) is 4.74 Å². The van der Waals surface area contributed by atoms with Crippen LogP contribution in [0, 0.1) is 0 Å². The van der Waals surface area contributed by atoms with Gasteiger partial charge in [-0.25, -0.2) is 4.79 Å². The minimum Gasteiger partial charge on any atom is -0.467 e. The van der Waals surface area contributed by atoms with Gasteiger partial charge in [-0.1, -0.05) is 5.16 Å². The van der Waals surface area contributed by atoms with Gasteiger partial charge in [-0.15, -0.1) is 0 Å². The van der Waals surface area contributed by atoms with E-state index >= 15 is 0 Å². The van der Waals surface area contributed by atoms with E-state index in [2.05, 4.69) is 14.7 Å². The number of oxime groups is 1. The van der Waals surface area contributed by atoms with Crippen LogP contribution < -0.4 is 0 Å². The van der Waals surface area contributed by atoms with Crippen LogP contribution in [0.2, 0.25) is 0 Å². The smallest absolute Gasteiger partial charge is 0.343 e. The Bertz CT molecular complexity index is 155. The van der Waals surface area contributed by atoms with Crippen LogP contribution in [0.3, 0.4) is 0 Å². The number of hydrogen-bond acceptors (Lipinski definition) is 5. The quantitative estimate of drug-likeness (QED) is 0.256. The van der Waals surface area contributed by atoms with Crippen molar-refractivity contribution in [3.05, 3.63) is 0 Å². The highest BCUT2D eigenvalue weighted by Gasteiger charge is 2.00. The summed E-state index contributed by atoms with van der Waals surface area (Å²) in [6.45, 7) is 1.43. The molecule has 11 heavy (non-hydrogen) atoms. The summed E-state index contributed by atoms with van der Waals surface area (Å²) in [6, 6.07) is 0. The average Bonchev–Trinajstić information content (AvgIpc) is 2.01. The Hall–Kier alpha value is -1.26. The van der Waals surface area contributed by atoms with Crippen LogP contribution >= 0.6 is 0 Å². The van der Waals surface area contributed by atoms with Crippen LogP contribution in [0.5, 0.6) is 0 Å². The summed E-state index contributed by atoms with van der Waals surface area (Å²) in [5.74, 6) is -0.159. The molecule has 0 aliphatic carbocycles. The second-order valence-electron chi connectivity index (χ2n) is 1.66. The number of carbonyl (C=O) groups is 1. The van der Waals surface area contributed by atoms with E-state index in [1.54, 1.807) is 6.92 Å². The van der Waals surface area contributed by atoms with Gasteiger partial charge in [-0.2, -0.15) is 0 Å². The van der Waals surface area contributed by atoms with E-state index in [-0.39, 0.29) is 12.5 Å². The molecule has 0 N–H and O–H groups in total. The van der Waals surface area contributed by atoms with Gasteiger partial charge in [0.2, 0.25) is 5.90 Å². The molecule has 0 saturated carbocycles. The summed E-state index contributed by atoms with van der Waals surface area (Å²) in [4.78, 5) is 14.9. The van der Waals surface area contributed by atoms with Gasteiger partial charge >= 0.3 is 5.97 Å². The highest BCUT2D eigenvalue weighted by molar-refractivity contribution is 5.77. The maximum atomic E-state index is 10.5. The van der Waals surface area contributed by atoms with Crippen molar-refractivity contribution in [3.8, 4) is 0 Å². The third-order valence-electron chi connectivity index (χ3n) is 0.846. The van der Waals surface area contributed by atoms with Gasteiger partial charge in [0.1, 0.15) is 7.11 Å². The molecule has 0 aliphatic heterocycles. The fourth-order valence-electron chi connectivity index (χ4n) is 0.377. The van der Waals surface area contributed by atoms with Gasteiger partial charge in [0, 0.05) is 6.92 Å². The molecule has 0 rings (SSSR count). The van der Waals surface area contributed by atoms with Gasteiger partial charge in [0.25, 0.3) is 0 Å². The number of ether oxygens (including phenoxy) is 2. The zero-order chi connectivity index (χ0) is 8.69. The highest BCUT2D eigenvalue weighted by atomic mass is 16.6. The molecule has 5 nitrogen and oxygen atoms in total. The van der Waals surface area contributed by atoms with E-state index in [1.807, 2.05) is 0 Å². The van der Waals surface area contributed by atoms with Crippen LogP contribution in [-0.2, 0) is 19.1 Å². The monoisotopic (exact) mass is 161 g/mol. The molecule has 64 valence electrons. The molecule has 0 aliphatic rings. The SMILES string of the molecule is CO/N=C(/C)OCC(=O)OC. The van der Waals surface area contributed by atoms with Crippen molar-refractivity contribution in [3.63, 3.8) is 0 Å². The lowest BCUT2D eigenvalue weighted by Gasteiger charge is -2.01. The van der Waals surface area contributed by atoms with E-state index < -0.39 is 5.97 Å². The minimum atomic E-state index is -0.448. The molecule has 0 heterocycles. The molecule has 0 spiro atoms. The molecule has 0 aromatic heterocycles. The lowest BCUT2D eigenvalue weighted by Crippen LogP contribution is -2.13. The Labute approximate surface area is 64.9 Å². The molecule has 0 fully saturated rings. The summed E-state index contributed by atoms with van der Waals surface area (Å²) in [7, 11) is 2.68. The van der Waals surface area contributed by atoms with Crippen molar-refractivity contribution in [2.75, 3.05) is 20.8 Å². The summed E-state index contributed by atoms with van der Waals surface area (Å²) in [5.41, 5.74) is 0. The molecule has 0 radical (unpaired) electrons. The molecule has 0 bridgehead atoms. The Morgan fingerprint density at radius 3 is 2.55 bits per heavy atom. The minimum absolute atomic E-state index is 0.144. The van der Waals surface area contributed by atoms with E-state index in [1.165, 1.54) is 14.2 Å². The van der Waals surface area contributed by atoms with E-state index in [9.17, 15) is 4.79 Å². The molecule has 5 heteroatoms. The first kappa shape index (κ1) is 9.74. The normalized spacial score (nSPS) is 10.6. The second kappa shape index (κ2) is 5.52. The fourth-order valence-corrected chi connectivity index (χ4v) is 0.377. The molecule has 0 amide bonds. The second-order valence-corrected chi connectivity index (χ2v) is 1.66. The van der Waals surface area contributed by atoms with Gasteiger partial charge in [0.15, 0.2) is 6.61 Å². The number of nitrogens with zero attached hydrogens (tertiary/aromatic N) is 1. The topological polar surface area (TPSA) is 57.1 Å². The largest absolute Gasteiger partial charge is 0.467 e. The molecule has 0 saturated heterocycles. The summed E-state index contributed by atoms with van der Waals surface area (Å²) >= 11 is 0. The number of methoxy groups -OCH3 is 1. The Balaban J connectivity index is 3.53. The van der Waals surface area contributed by atoms with Crippen molar-refractivity contribution >= 4 is 11.9 Å². The first-order chi connectivity index (χ1) is 5.20. The Kier molecular flexibility index (Phi) is 4.89. The number of carbonyl (C=O) groups excluding carboxylic acids is 1. The summed E-state index contributed by atoms with van der Waals surface area (Å²) < 4.78 is 9.10. The maximum Gasteiger partial charge on any atom is 0.343 e. The van der Waals surface area contributed by atoms with Crippen molar-refractivity contribution in [2.45, 2.75) is 6.92 Å². The maximum absolute atomic E-state index is 10.5. The number of rotatable bonds is 3. The molecular formula is C6H11NO4. The lowest BCUT2D eigenvalue weighted by molar-refractivity contribution is -0.143. The predicted molar refractivity (Wildman–Crippen MR) is 38.1 cm³/mol. The third-order valence-corrected chi connectivity index (χ3v) is 0.846. The van der Waals surface area contributed by atoms with Crippen molar-refractivity contribution in [1.29, 1.82) is 0 Å². The van der Waals surface area contributed by atoms with Gasteiger partial charge in [-0.05, 0) is 0 Å². The van der Waals surface area contributed by atoms with Crippen molar-refractivity contribution in [2.24, 2.45) is 5.16 Å². The van der Waals surface area contributed by atoms with Gasteiger partial charge < -0.3 is 14.3 Å². The zero-order valence-corrected chi connectivity index (χ0v) is 6.79. The van der Waals surface area contributed by atoms with Crippen molar-refractivity contribution < 1.29 is 19.1 Å². The van der Waals surface area contributed by atoms with Crippen LogP contribution in [-0.4, -0.2) is 32.7 Å². The molecule has 0 unspecified atom stereocenters. The van der Waals surface area contributed by atoms with Crippen LogP contribution in [0.4, 0.5) is 0 Å². The first-order valence-corrected chi connectivity index (χ1v) is 2.98. The van der Waals surface area contributed by atoms with Crippen LogP contribution in [0.1, 0.15) is 6.92 Å². The average molecular weight is 161 g/mol. The molecular weight excluding hydrogens is 150 g/mol. The Morgan fingerprint density at radius 2 is 2.09 bits per heavy atom. The summed E-state index contributed by atoms with van der Waals surface area (Å²) in [5, 5.41) is 3.42.